The first kappa shape index (κ1) is 12.0. The molecule has 2 aromatic rings. The van der Waals surface area contributed by atoms with Crippen LogP contribution in [0.4, 0.5) is 6.01 Å². The minimum absolute atomic E-state index is 0.203. The molecule has 1 N–H and O–H groups in total. The molecular formula is C13H14N2O4. The lowest BCUT2D eigenvalue weighted by Gasteiger charge is -2.15. The van der Waals surface area contributed by atoms with Gasteiger partial charge in [-0.25, -0.2) is 4.79 Å². The smallest absolute Gasteiger partial charge is 0.335 e. The van der Waals surface area contributed by atoms with E-state index in [1.54, 1.807) is 6.07 Å². The Morgan fingerprint density at radius 3 is 3.05 bits per heavy atom. The second-order valence-corrected chi connectivity index (χ2v) is 4.44. The van der Waals surface area contributed by atoms with Crippen molar-refractivity contribution in [3.05, 3.63) is 23.8 Å². The van der Waals surface area contributed by atoms with E-state index >= 15 is 0 Å². The Labute approximate surface area is 109 Å². The Hall–Kier alpha value is -2.08. The van der Waals surface area contributed by atoms with Gasteiger partial charge in [0.1, 0.15) is 5.52 Å². The van der Waals surface area contributed by atoms with E-state index in [2.05, 4.69) is 4.98 Å². The molecule has 100 valence electrons. The van der Waals surface area contributed by atoms with Crippen LogP contribution in [0.5, 0.6) is 0 Å². The number of aromatic nitrogens is 1. The molecule has 1 aliphatic heterocycles. The summed E-state index contributed by atoms with van der Waals surface area (Å²) in [5.41, 5.74) is 1.37. The van der Waals surface area contributed by atoms with Crippen LogP contribution in [0.3, 0.4) is 0 Å². The highest BCUT2D eigenvalue weighted by Crippen LogP contribution is 2.23. The van der Waals surface area contributed by atoms with Crippen molar-refractivity contribution in [1.29, 1.82) is 0 Å². The standard InChI is InChI=1S/C13H14N2O4/c16-12(17)9-2-3-10-11(8-9)19-13(14-10)15-4-1-6-18-7-5-15/h2-3,8H,1,4-7H2,(H,16,17). The first-order chi connectivity index (χ1) is 9.24. The van der Waals surface area contributed by atoms with Gasteiger partial charge in [0.2, 0.25) is 0 Å². The average Bonchev–Trinajstić information content (AvgIpc) is 2.64. The van der Waals surface area contributed by atoms with Gasteiger partial charge in [0.25, 0.3) is 6.01 Å². The van der Waals surface area contributed by atoms with E-state index in [0.717, 1.165) is 26.1 Å². The zero-order valence-electron chi connectivity index (χ0n) is 10.3. The maximum absolute atomic E-state index is 10.9. The number of hydrogen-bond acceptors (Lipinski definition) is 5. The van der Waals surface area contributed by atoms with Gasteiger partial charge in [-0.15, -0.1) is 0 Å². The highest BCUT2D eigenvalue weighted by Gasteiger charge is 2.16. The predicted molar refractivity (Wildman–Crippen MR) is 68.6 cm³/mol. The SMILES string of the molecule is O=C(O)c1ccc2nc(N3CCCOCC3)oc2c1. The van der Waals surface area contributed by atoms with Crippen molar-refractivity contribution in [2.75, 3.05) is 31.2 Å². The van der Waals surface area contributed by atoms with Crippen LogP contribution in [0, 0.1) is 0 Å². The number of rotatable bonds is 2. The van der Waals surface area contributed by atoms with E-state index in [1.807, 2.05) is 4.90 Å². The first-order valence-electron chi connectivity index (χ1n) is 6.20. The summed E-state index contributed by atoms with van der Waals surface area (Å²) in [4.78, 5) is 17.3. The third-order valence-corrected chi connectivity index (χ3v) is 3.12. The molecule has 1 saturated heterocycles. The first-order valence-corrected chi connectivity index (χ1v) is 6.20. The van der Waals surface area contributed by atoms with E-state index in [-0.39, 0.29) is 5.56 Å². The van der Waals surface area contributed by atoms with Gasteiger partial charge < -0.3 is 19.2 Å². The molecule has 6 heteroatoms. The molecule has 0 amide bonds. The quantitative estimate of drug-likeness (QED) is 0.888. The van der Waals surface area contributed by atoms with Gasteiger partial charge in [-0.3, -0.25) is 0 Å². The number of benzene rings is 1. The molecular weight excluding hydrogens is 248 g/mol. The zero-order chi connectivity index (χ0) is 13.2. The van der Waals surface area contributed by atoms with E-state index in [9.17, 15) is 4.79 Å². The molecule has 1 aromatic carbocycles. The molecule has 0 aliphatic carbocycles. The Morgan fingerprint density at radius 1 is 1.32 bits per heavy atom. The molecule has 0 spiro atoms. The Balaban J connectivity index is 1.94. The second-order valence-electron chi connectivity index (χ2n) is 4.44. The van der Waals surface area contributed by atoms with Gasteiger partial charge in [0.15, 0.2) is 5.58 Å². The average molecular weight is 262 g/mol. The van der Waals surface area contributed by atoms with E-state index in [0.29, 0.717) is 23.7 Å². The summed E-state index contributed by atoms with van der Waals surface area (Å²) in [5.74, 6) is -0.969. The zero-order valence-corrected chi connectivity index (χ0v) is 10.3. The third-order valence-electron chi connectivity index (χ3n) is 3.12. The molecule has 2 heterocycles. The van der Waals surface area contributed by atoms with Crippen molar-refractivity contribution >= 4 is 23.1 Å². The van der Waals surface area contributed by atoms with Gasteiger partial charge in [0.05, 0.1) is 12.2 Å². The summed E-state index contributed by atoms with van der Waals surface area (Å²) in [5, 5.41) is 8.95. The van der Waals surface area contributed by atoms with Crippen molar-refractivity contribution in [2.45, 2.75) is 6.42 Å². The monoisotopic (exact) mass is 262 g/mol. The Morgan fingerprint density at radius 2 is 2.21 bits per heavy atom. The van der Waals surface area contributed by atoms with Crippen LogP contribution in [0.2, 0.25) is 0 Å². The summed E-state index contributed by atoms with van der Waals surface area (Å²) < 4.78 is 11.0. The highest BCUT2D eigenvalue weighted by atomic mass is 16.5. The largest absolute Gasteiger partial charge is 0.478 e. The molecule has 0 saturated carbocycles. The summed E-state index contributed by atoms with van der Waals surface area (Å²) in [6.07, 6.45) is 0.930. The number of carbonyl (C=O) groups is 1. The normalized spacial score (nSPS) is 16.5. The number of oxazole rings is 1. The van der Waals surface area contributed by atoms with Crippen molar-refractivity contribution in [1.82, 2.24) is 4.98 Å². The minimum Gasteiger partial charge on any atom is -0.478 e. The third kappa shape index (κ3) is 2.39. The van der Waals surface area contributed by atoms with Crippen LogP contribution in [-0.4, -0.2) is 42.4 Å². The molecule has 0 unspecified atom stereocenters. The van der Waals surface area contributed by atoms with E-state index < -0.39 is 5.97 Å². The van der Waals surface area contributed by atoms with Crippen LogP contribution in [0.1, 0.15) is 16.8 Å². The van der Waals surface area contributed by atoms with Crippen LogP contribution in [0.25, 0.3) is 11.1 Å². The van der Waals surface area contributed by atoms with Gasteiger partial charge in [-0.2, -0.15) is 4.98 Å². The van der Waals surface area contributed by atoms with Crippen LogP contribution in [-0.2, 0) is 4.74 Å². The molecule has 1 aliphatic rings. The fourth-order valence-electron chi connectivity index (χ4n) is 2.12. The maximum atomic E-state index is 10.9. The molecule has 0 radical (unpaired) electrons. The Kier molecular flexibility index (Phi) is 3.08. The van der Waals surface area contributed by atoms with Crippen molar-refractivity contribution < 1.29 is 19.1 Å². The van der Waals surface area contributed by atoms with Gasteiger partial charge >= 0.3 is 5.97 Å². The number of hydrogen-bond donors (Lipinski definition) is 1. The number of carboxylic acid groups (broad SMARTS) is 1. The fraction of sp³-hybridized carbons (Fsp3) is 0.385. The van der Waals surface area contributed by atoms with Gasteiger partial charge in [-0.05, 0) is 24.6 Å². The summed E-state index contributed by atoms with van der Waals surface area (Å²) >= 11 is 0. The fourth-order valence-corrected chi connectivity index (χ4v) is 2.12. The number of aromatic carboxylic acids is 1. The number of fused-ring (bicyclic) bond motifs is 1. The maximum Gasteiger partial charge on any atom is 0.335 e. The van der Waals surface area contributed by atoms with E-state index in [4.69, 9.17) is 14.3 Å². The molecule has 0 bridgehead atoms. The summed E-state index contributed by atoms with van der Waals surface area (Å²) in [7, 11) is 0. The lowest BCUT2D eigenvalue weighted by atomic mass is 10.2. The lowest BCUT2D eigenvalue weighted by molar-refractivity contribution is 0.0697. The summed E-state index contributed by atoms with van der Waals surface area (Å²) in [6, 6.07) is 5.23. The molecule has 0 atom stereocenters. The molecule has 6 nitrogen and oxygen atoms in total. The topological polar surface area (TPSA) is 75.8 Å². The predicted octanol–water partition coefficient (Wildman–Crippen LogP) is 1.75. The van der Waals surface area contributed by atoms with Gasteiger partial charge in [0, 0.05) is 19.7 Å². The lowest BCUT2D eigenvalue weighted by Crippen LogP contribution is -2.25. The van der Waals surface area contributed by atoms with E-state index in [1.165, 1.54) is 12.1 Å². The molecule has 3 rings (SSSR count). The number of ether oxygens (including phenoxy) is 1. The Bertz CT molecular complexity index is 600. The van der Waals surface area contributed by atoms with Crippen LogP contribution in [0.15, 0.2) is 22.6 Å². The van der Waals surface area contributed by atoms with Crippen molar-refractivity contribution in [2.24, 2.45) is 0 Å². The second kappa shape index (κ2) is 4.89. The molecule has 1 fully saturated rings. The number of nitrogens with zero attached hydrogens (tertiary/aromatic N) is 2. The van der Waals surface area contributed by atoms with Crippen molar-refractivity contribution in [3.8, 4) is 0 Å². The van der Waals surface area contributed by atoms with Gasteiger partial charge in [-0.1, -0.05) is 0 Å². The molecule has 19 heavy (non-hydrogen) atoms. The minimum atomic E-state index is -0.969. The molecule has 1 aromatic heterocycles. The van der Waals surface area contributed by atoms with Crippen LogP contribution >= 0.6 is 0 Å². The van der Waals surface area contributed by atoms with Crippen LogP contribution < -0.4 is 4.90 Å². The summed E-state index contributed by atoms with van der Waals surface area (Å²) in [6.45, 7) is 2.97. The number of anilines is 1. The number of carboxylic acids is 1. The van der Waals surface area contributed by atoms with Crippen molar-refractivity contribution in [3.63, 3.8) is 0 Å². The highest BCUT2D eigenvalue weighted by molar-refractivity contribution is 5.92.